The van der Waals surface area contributed by atoms with Crippen LogP contribution in [0.3, 0.4) is 0 Å². The van der Waals surface area contributed by atoms with Crippen molar-refractivity contribution in [2.24, 2.45) is 0 Å². The number of nitrogens with one attached hydrogen (secondary N) is 1. The molecule has 6 nitrogen and oxygen atoms in total. The van der Waals surface area contributed by atoms with Gasteiger partial charge in [0.1, 0.15) is 5.60 Å². The minimum atomic E-state index is -1.19. The second-order valence-electron chi connectivity index (χ2n) is 5.57. The highest BCUT2D eigenvalue weighted by molar-refractivity contribution is 5.84. The summed E-state index contributed by atoms with van der Waals surface area (Å²) < 4.78 is 9.58. The molecule has 0 spiro atoms. The summed E-state index contributed by atoms with van der Waals surface area (Å²) in [6.07, 6.45) is -1.58. The molecular weight excluding hydrogens is 274 g/mol. The molecular formula is C15H21NO5. The molecule has 0 fully saturated rings. The summed E-state index contributed by atoms with van der Waals surface area (Å²) in [5.41, 5.74) is 0.762. The first kappa shape index (κ1) is 17.0. The van der Waals surface area contributed by atoms with E-state index in [1.807, 2.05) is 0 Å². The van der Waals surface area contributed by atoms with Gasteiger partial charge >= 0.3 is 12.1 Å². The maximum absolute atomic E-state index is 11.6. The van der Waals surface area contributed by atoms with E-state index in [-0.39, 0.29) is 6.42 Å². The van der Waals surface area contributed by atoms with Gasteiger partial charge in [0.2, 0.25) is 0 Å². The van der Waals surface area contributed by atoms with E-state index in [1.54, 1.807) is 45.0 Å². The normalized spacial score (nSPS) is 12.4. The van der Waals surface area contributed by atoms with E-state index in [2.05, 4.69) is 10.1 Å². The van der Waals surface area contributed by atoms with Gasteiger partial charge in [-0.05, 0) is 38.5 Å². The highest BCUT2D eigenvalue weighted by Gasteiger charge is 2.17. The van der Waals surface area contributed by atoms with E-state index in [4.69, 9.17) is 4.74 Å². The number of hydrogen-bond acceptors (Lipinski definition) is 5. The third-order valence-corrected chi connectivity index (χ3v) is 2.50. The number of aliphatic hydroxyl groups is 1. The Balaban J connectivity index is 2.58. The molecule has 0 aliphatic rings. The van der Waals surface area contributed by atoms with Crippen LogP contribution < -0.4 is 5.32 Å². The summed E-state index contributed by atoms with van der Waals surface area (Å²) in [4.78, 5) is 22.7. The average molecular weight is 295 g/mol. The van der Waals surface area contributed by atoms with Gasteiger partial charge in [-0.1, -0.05) is 12.1 Å². The zero-order valence-electron chi connectivity index (χ0n) is 12.7. The number of rotatable bonds is 4. The highest BCUT2D eigenvalue weighted by atomic mass is 16.6. The minimum Gasteiger partial charge on any atom is -0.467 e. The maximum Gasteiger partial charge on any atom is 0.412 e. The van der Waals surface area contributed by atoms with Crippen LogP contribution in [0.4, 0.5) is 10.5 Å². The molecule has 6 heteroatoms. The fraction of sp³-hybridized carbons (Fsp3) is 0.467. The number of methoxy groups -OCH3 is 1. The number of aliphatic hydroxyl groups excluding tert-OH is 1. The number of carbonyl (C=O) groups is 2. The van der Waals surface area contributed by atoms with E-state index < -0.39 is 23.8 Å². The van der Waals surface area contributed by atoms with E-state index in [1.165, 1.54) is 7.11 Å². The average Bonchev–Trinajstić information content (AvgIpc) is 2.37. The highest BCUT2D eigenvalue weighted by Crippen LogP contribution is 2.14. The van der Waals surface area contributed by atoms with Gasteiger partial charge in [0.15, 0.2) is 6.10 Å². The Morgan fingerprint density at radius 1 is 1.24 bits per heavy atom. The van der Waals surface area contributed by atoms with Crippen molar-refractivity contribution in [2.75, 3.05) is 12.4 Å². The Morgan fingerprint density at radius 2 is 1.81 bits per heavy atom. The molecule has 0 bridgehead atoms. The zero-order valence-corrected chi connectivity index (χ0v) is 12.7. The quantitative estimate of drug-likeness (QED) is 0.831. The largest absolute Gasteiger partial charge is 0.467 e. The third kappa shape index (κ3) is 6.27. The first-order valence-electron chi connectivity index (χ1n) is 6.56. The molecule has 1 atom stereocenters. The molecule has 1 rings (SSSR count). The van der Waals surface area contributed by atoms with Crippen molar-refractivity contribution in [3.05, 3.63) is 29.8 Å². The summed E-state index contributed by atoms with van der Waals surface area (Å²) >= 11 is 0. The number of anilines is 1. The Hall–Kier alpha value is -2.08. The molecule has 0 saturated heterocycles. The van der Waals surface area contributed by atoms with Crippen molar-refractivity contribution < 1.29 is 24.2 Å². The molecule has 1 amide bonds. The van der Waals surface area contributed by atoms with Crippen LogP contribution in [0.5, 0.6) is 0 Å². The smallest absolute Gasteiger partial charge is 0.412 e. The first-order valence-corrected chi connectivity index (χ1v) is 6.56. The van der Waals surface area contributed by atoms with Crippen molar-refractivity contribution in [2.45, 2.75) is 38.9 Å². The topological polar surface area (TPSA) is 84.9 Å². The number of esters is 1. The number of amides is 1. The van der Waals surface area contributed by atoms with Crippen molar-refractivity contribution in [3.63, 3.8) is 0 Å². The molecule has 2 N–H and O–H groups in total. The van der Waals surface area contributed by atoms with Gasteiger partial charge in [0, 0.05) is 12.1 Å². The van der Waals surface area contributed by atoms with E-state index >= 15 is 0 Å². The van der Waals surface area contributed by atoms with E-state index in [0.29, 0.717) is 5.69 Å². The standard InChI is InChI=1S/C15H21NO5/c1-15(2,3)21-14(19)16-11-7-5-10(6-8-11)9-12(17)13(18)20-4/h5-8,12,17H,9H2,1-4H3,(H,16,19). The summed E-state index contributed by atoms with van der Waals surface area (Å²) in [5.74, 6) is -0.675. The van der Waals surface area contributed by atoms with Crippen molar-refractivity contribution in [1.29, 1.82) is 0 Å². The molecule has 0 aromatic heterocycles. The molecule has 21 heavy (non-hydrogen) atoms. The molecule has 1 aromatic carbocycles. The van der Waals surface area contributed by atoms with Crippen LogP contribution in [0.1, 0.15) is 26.3 Å². The van der Waals surface area contributed by atoms with E-state index in [9.17, 15) is 14.7 Å². The molecule has 0 aliphatic heterocycles. The first-order chi connectivity index (χ1) is 9.71. The lowest BCUT2D eigenvalue weighted by molar-refractivity contribution is -0.150. The van der Waals surface area contributed by atoms with Crippen LogP contribution in [0.25, 0.3) is 0 Å². The van der Waals surface area contributed by atoms with Crippen LogP contribution in [0.15, 0.2) is 24.3 Å². The maximum atomic E-state index is 11.6. The van der Waals surface area contributed by atoms with Gasteiger partial charge in [0.25, 0.3) is 0 Å². The van der Waals surface area contributed by atoms with Crippen LogP contribution >= 0.6 is 0 Å². The molecule has 1 unspecified atom stereocenters. The van der Waals surface area contributed by atoms with Crippen LogP contribution in [-0.4, -0.2) is 36.0 Å². The van der Waals surface area contributed by atoms with Gasteiger partial charge in [0.05, 0.1) is 7.11 Å². The lowest BCUT2D eigenvalue weighted by Gasteiger charge is -2.19. The lowest BCUT2D eigenvalue weighted by Crippen LogP contribution is -2.27. The van der Waals surface area contributed by atoms with Gasteiger partial charge in [-0.2, -0.15) is 0 Å². The zero-order chi connectivity index (χ0) is 16.0. The van der Waals surface area contributed by atoms with Crippen LogP contribution in [0, 0.1) is 0 Å². The predicted molar refractivity (Wildman–Crippen MR) is 78.0 cm³/mol. The van der Waals surface area contributed by atoms with Crippen LogP contribution in [0.2, 0.25) is 0 Å². The summed E-state index contributed by atoms with van der Waals surface area (Å²) in [6.45, 7) is 5.34. The van der Waals surface area contributed by atoms with Crippen molar-refractivity contribution in [3.8, 4) is 0 Å². The van der Waals surface area contributed by atoms with Gasteiger partial charge in [-0.15, -0.1) is 0 Å². The monoisotopic (exact) mass is 295 g/mol. The Labute approximate surface area is 124 Å². The lowest BCUT2D eigenvalue weighted by atomic mass is 10.1. The Morgan fingerprint density at radius 3 is 2.29 bits per heavy atom. The van der Waals surface area contributed by atoms with Gasteiger partial charge in [-0.25, -0.2) is 9.59 Å². The predicted octanol–water partition coefficient (Wildman–Crippen LogP) is 2.11. The second-order valence-corrected chi connectivity index (χ2v) is 5.57. The SMILES string of the molecule is COC(=O)C(O)Cc1ccc(NC(=O)OC(C)(C)C)cc1. The number of benzene rings is 1. The Kier molecular flexibility index (Phi) is 5.72. The fourth-order valence-corrected chi connectivity index (χ4v) is 1.59. The number of hydrogen-bond donors (Lipinski definition) is 2. The molecule has 0 saturated carbocycles. The summed E-state index contributed by atoms with van der Waals surface area (Å²) in [5, 5.41) is 12.1. The van der Waals surface area contributed by atoms with Crippen LogP contribution in [-0.2, 0) is 20.7 Å². The fourth-order valence-electron chi connectivity index (χ4n) is 1.59. The summed E-state index contributed by atoms with van der Waals surface area (Å²) in [7, 11) is 1.22. The molecule has 0 radical (unpaired) electrons. The molecule has 116 valence electrons. The second kappa shape index (κ2) is 7.08. The number of carbonyl (C=O) groups excluding carboxylic acids is 2. The molecule has 0 heterocycles. The summed E-state index contributed by atoms with van der Waals surface area (Å²) in [6, 6.07) is 6.75. The number of ether oxygens (including phenoxy) is 2. The van der Waals surface area contributed by atoms with Gasteiger partial charge in [-0.3, -0.25) is 5.32 Å². The van der Waals surface area contributed by atoms with Crippen molar-refractivity contribution in [1.82, 2.24) is 0 Å². The van der Waals surface area contributed by atoms with Crippen molar-refractivity contribution >= 4 is 17.7 Å². The minimum absolute atomic E-state index is 0.152. The van der Waals surface area contributed by atoms with E-state index in [0.717, 1.165) is 5.56 Å². The Bertz CT molecular complexity index is 490. The molecule has 1 aromatic rings. The van der Waals surface area contributed by atoms with Gasteiger partial charge < -0.3 is 14.6 Å². The molecule has 0 aliphatic carbocycles. The third-order valence-electron chi connectivity index (χ3n) is 2.50.